The molecule has 0 aliphatic carbocycles. The van der Waals surface area contributed by atoms with Crippen molar-refractivity contribution < 1.29 is 14.7 Å². The van der Waals surface area contributed by atoms with Gasteiger partial charge in [0.2, 0.25) is 0 Å². The molecule has 1 aromatic carbocycles. The number of amides is 2. The topological polar surface area (TPSA) is 69.6 Å². The van der Waals surface area contributed by atoms with E-state index in [1.54, 1.807) is 24.1 Å². The molecule has 0 bridgehead atoms. The molecule has 0 fully saturated rings. The number of halogens is 1. The minimum Gasteiger partial charge on any atom is -0.478 e. The van der Waals surface area contributed by atoms with Gasteiger partial charge in [0, 0.05) is 17.6 Å². The summed E-state index contributed by atoms with van der Waals surface area (Å²) in [5.74, 6) is -1.08. The Balaban J connectivity index is 2.95. The van der Waals surface area contributed by atoms with Crippen molar-refractivity contribution in [2.24, 2.45) is 0 Å². The number of carboxylic acid groups (broad SMARTS) is 1. The molecule has 1 aromatic rings. The first-order valence-corrected chi connectivity index (χ1v) is 6.72. The van der Waals surface area contributed by atoms with Gasteiger partial charge >= 0.3 is 12.0 Å². The lowest BCUT2D eigenvalue weighted by atomic mass is 10.2. The highest BCUT2D eigenvalue weighted by Gasteiger charge is 2.17. The van der Waals surface area contributed by atoms with Gasteiger partial charge in [-0.15, -0.1) is 0 Å². The van der Waals surface area contributed by atoms with Gasteiger partial charge in [0.25, 0.3) is 0 Å². The number of carbonyl (C=O) groups is 2. The van der Waals surface area contributed by atoms with Crippen LogP contribution in [-0.2, 0) is 0 Å². The Kier molecular flexibility index (Phi) is 5.35. The van der Waals surface area contributed by atoms with Crippen LogP contribution in [0.2, 0.25) is 0 Å². The summed E-state index contributed by atoms with van der Waals surface area (Å²) in [5, 5.41) is 11.7. The van der Waals surface area contributed by atoms with E-state index in [-0.39, 0.29) is 23.3 Å². The fourth-order valence-electron chi connectivity index (χ4n) is 1.48. The number of anilines is 1. The molecule has 0 saturated carbocycles. The largest absolute Gasteiger partial charge is 0.478 e. The number of carbonyl (C=O) groups excluding carboxylic acids is 1. The summed E-state index contributed by atoms with van der Waals surface area (Å²) in [5.41, 5.74) is 0.344. The van der Waals surface area contributed by atoms with Crippen LogP contribution in [0.4, 0.5) is 10.5 Å². The maximum atomic E-state index is 12.0. The van der Waals surface area contributed by atoms with E-state index in [1.165, 1.54) is 6.07 Å². The summed E-state index contributed by atoms with van der Waals surface area (Å²) in [4.78, 5) is 24.6. The van der Waals surface area contributed by atoms with Crippen LogP contribution in [0.15, 0.2) is 22.7 Å². The third-order valence-corrected chi connectivity index (χ3v) is 3.52. The Labute approximate surface area is 120 Å². The molecule has 2 amide bonds. The molecule has 0 aliphatic heterocycles. The van der Waals surface area contributed by atoms with Crippen molar-refractivity contribution in [2.75, 3.05) is 12.4 Å². The lowest BCUT2D eigenvalue weighted by Crippen LogP contribution is -2.38. The van der Waals surface area contributed by atoms with E-state index in [2.05, 4.69) is 21.2 Å². The van der Waals surface area contributed by atoms with Gasteiger partial charge in [-0.2, -0.15) is 0 Å². The molecule has 1 unspecified atom stereocenters. The van der Waals surface area contributed by atoms with E-state index in [0.717, 1.165) is 6.42 Å². The smallest absolute Gasteiger partial charge is 0.337 e. The van der Waals surface area contributed by atoms with E-state index in [9.17, 15) is 9.59 Å². The first kappa shape index (κ1) is 15.5. The number of hydrogen-bond acceptors (Lipinski definition) is 2. The second-order valence-corrected chi connectivity index (χ2v) is 5.21. The lowest BCUT2D eigenvalue weighted by molar-refractivity contribution is 0.0698. The molecule has 0 aliphatic rings. The van der Waals surface area contributed by atoms with E-state index in [1.807, 2.05) is 13.8 Å². The molecule has 0 saturated heterocycles. The van der Waals surface area contributed by atoms with Gasteiger partial charge in [0.15, 0.2) is 0 Å². The molecule has 5 nitrogen and oxygen atoms in total. The van der Waals surface area contributed by atoms with E-state index >= 15 is 0 Å². The van der Waals surface area contributed by atoms with Gasteiger partial charge in [-0.3, -0.25) is 0 Å². The number of aromatic carboxylic acids is 1. The molecule has 0 spiro atoms. The van der Waals surface area contributed by atoms with Crippen LogP contribution < -0.4 is 5.32 Å². The predicted molar refractivity (Wildman–Crippen MR) is 77.6 cm³/mol. The summed E-state index contributed by atoms with van der Waals surface area (Å²) in [6.07, 6.45) is 0.828. The SMILES string of the molecule is CCC(C)N(C)C(=O)Nc1cc(Br)ccc1C(=O)O. The Morgan fingerprint density at radius 1 is 1.47 bits per heavy atom. The van der Waals surface area contributed by atoms with Crippen LogP contribution in [0.25, 0.3) is 0 Å². The minimum atomic E-state index is -1.08. The lowest BCUT2D eigenvalue weighted by Gasteiger charge is -2.24. The van der Waals surface area contributed by atoms with Gasteiger partial charge < -0.3 is 15.3 Å². The maximum Gasteiger partial charge on any atom is 0.337 e. The number of rotatable bonds is 4. The first-order chi connectivity index (χ1) is 8.86. The molecule has 104 valence electrons. The van der Waals surface area contributed by atoms with Gasteiger partial charge in [-0.1, -0.05) is 22.9 Å². The second-order valence-electron chi connectivity index (χ2n) is 4.29. The summed E-state index contributed by atoms with van der Waals surface area (Å²) in [6.45, 7) is 3.91. The van der Waals surface area contributed by atoms with Crippen molar-refractivity contribution in [3.8, 4) is 0 Å². The molecule has 1 rings (SSSR count). The zero-order valence-corrected chi connectivity index (χ0v) is 12.7. The van der Waals surface area contributed by atoms with Gasteiger partial charge in [0.05, 0.1) is 11.3 Å². The molecular weight excluding hydrogens is 312 g/mol. The Morgan fingerprint density at radius 2 is 2.11 bits per heavy atom. The minimum absolute atomic E-state index is 0.0640. The summed E-state index contributed by atoms with van der Waals surface area (Å²) >= 11 is 3.26. The highest BCUT2D eigenvalue weighted by molar-refractivity contribution is 9.10. The van der Waals surface area contributed by atoms with E-state index < -0.39 is 5.97 Å². The van der Waals surface area contributed by atoms with Crippen LogP contribution in [-0.4, -0.2) is 35.1 Å². The van der Waals surface area contributed by atoms with Crippen molar-refractivity contribution >= 4 is 33.6 Å². The van der Waals surface area contributed by atoms with Crippen LogP contribution in [0.5, 0.6) is 0 Å². The van der Waals surface area contributed by atoms with Gasteiger partial charge in [0.1, 0.15) is 0 Å². The zero-order chi connectivity index (χ0) is 14.6. The van der Waals surface area contributed by atoms with Crippen LogP contribution in [0.1, 0.15) is 30.6 Å². The Morgan fingerprint density at radius 3 is 2.63 bits per heavy atom. The quantitative estimate of drug-likeness (QED) is 0.889. The van der Waals surface area contributed by atoms with Crippen LogP contribution in [0.3, 0.4) is 0 Å². The normalized spacial score (nSPS) is 11.8. The summed E-state index contributed by atoms with van der Waals surface area (Å²) < 4.78 is 0.707. The second kappa shape index (κ2) is 6.56. The molecule has 2 N–H and O–H groups in total. The Hall–Kier alpha value is -1.56. The fourth-order valence-corrected chi connectivity index (χ4v) is 1.84. The first-order valence-electron chi connectivity index (χ1n) is 5.93. The standard InChI is InChI=1S/C13H17BrN2O3/c1-4-8(2)16(3)13(19)15-11-7-9(14)5-6-10(11)12(17)18/h5-8H,4H2,1-3H3,(H,15,19)(H,17,18). The van der Waals surface area contributed by atoms with E-state index in [4.69, 9.17) is 5.11 Å². The number of carboxylic acids is 1. The number of nitrogens with one attached hydrogen (secondary N) is 1. The maximum absolute atomic E-state index is 12.0. The zero-order valence-electron chi connectivity index (χ0n) is 11.1. The number of benzene rings is 1. The third kappa shape index (κ3) is 3.96. The molecule has 0 aromatic heterocycles. The highest BCUT2D eigenvalue weighted by atomic mass is 79.9. The van der Waals surface area contributed by atoms with Crippen LogP contribution in [0, 0.1) is 0 Å². The molecule has 19 heavy (non-hydrogen) atoms. The third-order valence-electron chi connectivity index (χ3n) is 3.03. The Bertz CT molecular complexity index is 491. The summed E-state index contributed by atoms with van der Waals surface area (Å²) in [7, 11) is 1.68. The van der Waals surface area contributed by atoms with Crippen LogP contribution >= 0.6 is 15.9 Å². The van der Waals surface area contributed by atoms with Gasteiger partial charge in [-0.05, 0) is 31.5 Å². The molecular formula is C13H17BrN2O3. The highest BCUT2D eigenvalue weighted by Crippen LogP contribution is 2.22. The molecule has 0 heterocycles. The van der Waals surface area contributed by atoms with Crippen molar-refractivity contribution in [3.05, 3.63) is 28.2 Å². The van der Waals surface area contributed by atoms with Crippen molar-refractivity contribution in [1.29, 1.82) is 0 Å². The van der Waals surface area contributed by atoms with E-state index in [0.29, 0.717) is 4.47 Å². The predicted octanol–water partition coefficient (Wildman–Crippen LogP) is 3.41. The van der Waals surface area contributed by atoms with Crippen molar-refractivity contribution in [3.63, 3.8) is 0 Å². The molecule has 6 heteroatoms. The average molecular weight is 329 g/mol. The summed E-state index contributed by atoms with van der Waals surface area (Å²) in [6, 6.07) is 4.41. The molecule has 0 radical (unpaired) electrons. The average Bonchev–Trinajstić information content (AvgIpc) is 2.36. The fraction of sp³-hybridized carbons (Fsp3) is 0.385. The monoisotopic (exact) mass is 328 g/mol. The molecule has 1 atom stereocenters. The van der Waals surface area contributed by atoms with Crippen molar-refractivity contribution in [1.82, 2.24) is 4.90 Å². The number of urea groups is 1. The number of hydrogen-bond donors (Lipinski definition) is 2. The van der Waals surface area contributed by atoms with Crippen molar-refractivity contribution in [2.45, 2.75) is 26.3 Å². The van der Waals surface area contributed by atoms with Gasteiger partial charge in [-0.25, -0.2) is 9.59 Å². The number of nitrogens with zero attached hydrogens (tertiary/aromatic N) is 1.